The lowest BCUT2D eigenvalue weighted by atomic mass is 10.0. The van der Waals surface area contributed by atoms with Gasteiger partial charge >= 0.3 is 0 Å². The van der Waals surface area contributed by atoms with Gasteiger partial charge in [-0.25, -0.2) is 8.42 Å². The van der Waals surface area contributed by atoms with E-state index >= 15 is 0 Å². The number of hydrogen-bond acceptors (Lipinski definition) is 6. The molecule has 1 saturated carbocycles. The molecule has 168 valence electrons. The fourth-order valence-corrected chi connectivity index (χ4v) is 4.69. The molecule has 1 aromatic carbocycles. The highest BCUT2D eigenvalue weighted by atomic mass is 32.2. The third-order valence-corrected chi connectivity index (χ3v) is 7.34. The first kappa shape index (κ1) is 23.1. The number of rotatable bonds is 10. The van der Waals surface area contributed by atoms with Crippen LogP contribution in [0.5, 0.6) is 0 Å². The van der Waals surface area contributed by atoms with Crippen molar-refractivity contribution in [2.24, 2.45) is 5.92 Å². The number of sulfonamides is 1. The van der Waals surface area contributed by atoms with Gasteiger partial charge in [-0.3, -0.25) is 4.79 Å². The number of nitrogens with zero attached hydrogens (tertiary/aromatic N) is 3. The topological polar surface area (TPSA) is 105 Å². The number of nitrogens with one attached hydrogen (secondary N) is 1. The number of amides is 1. The third-order valence-electron chi connectivity index (χ3n) is 5.28. The SMILES string of the molecule is CCN(CC)S(=O)(=O)c1ccc(C=CC(=O)NC(c2nc(C3CC3)no2)C(C)C)cc1. The van der Waals surface area contributed by atoms with Gasteiger partial charge in [-0.2, -0.15) is 9.29 Å². The van der Waals surface area contributed by atoms with Crippen LogP contribution in [0.15, 0.2) is 39.8 Å². The largest absolute Gasteiger partial charge is 0.340 e. The Balaban J connectivity index is 1.65. The number of aromatic nitrogens is 2. The molecule has 1 fully saturated rings. The van der Waals surface area contributed by atoms with Gasteiger partial charge in [0, 0.05) is 25.1 Å². The Hall–Kier alpha value is -2.52. The molecule has 2 aromatic rings. The quantitative estimate of drug-likeness (QED) is 0.560. The summed E-state index contributed by atoms with van der Waals surface area (Å²) >= 11 is 0. The van der Waals surface area contributed by atoms with E-state index in [1.54, 1.807) is 30.3 Å². The normalized spacial score (nSPS) is 15.7. The highest BCUT2D eigenvalue weighted by molar-refractivity contribution is 7.89. The van der Waals surface area contributed by atoms with Crippen LogP contribution in [0.3, 0.4) is 0 Å². The molecule has 1 aliphatic carbocycles. The first-order valence-corrected chi connectivity index (χ1v) is 12.1. The van der Waals surface area contributed by atoms with Crippen molar-refractivity contribution in [1.29, 1.82) is 0 Å². The molecular weight excluding hydrogens is 416 g/mol. The van der Waals surface area contributed by atoms with E-state index in [-0.39, 0.29) is 22.8 Å². The molecule has 1 aromatic heterocycles. The van der Waals surface area contributed by atoms with Crippen LogP contribution in [-0.2, 0) is 14.8 Å². The highest BCUT2D eigenvalue weighted by Crippen LogP contribution is 2.38. The summed E-state index contributed by atoms with van der Waals surface area (Å²) in [7, 11) is -3.50. The Morgan fingerprint density at radius 2 is 1.87 bits per heavy atom. The maximum absolute atomic E-state index is 12.6. The Morgan fingerprint density at radius 3 is 2.42 bits per heavy atom. The summed E-state index contributed by atoms with van der Waals surface area (Å²) in [6.45, 7) is 8.40. The van der Waals surface area contributed by atoms with Crippen molar-refractivity contribution in [3.8, 4) is 0 Å². The summed E-state index contributed by atoms with van der Waals surface area (Å²) in [5, 5.41) is 6.94. The van der Waals surface area contributed by atoms with Crippen LogP contribution in [0.4, 0.5) is 0 Å². The summed E-state index contributed by atoms with van der Waals surface area (Å²) < 4.78 is 31.9. The van der Waals surface area contributed by atoms with E-state index in [4.69, 9.17) is 4.52 Å². The van der Waals surface area contributed by atoms with Crippen molar-refractivity contribution in [1.82, 2.24) is 19.8 Å². The average molecular weight is 447 g/mol. The smallest absolute Gasteiger partial charge is 0.249 e. The Morgan fingerprint density at radius 1 is 1.23 bits per heavy atom. The van der Waals surface area contributed by atoms with Crippen LogP contribution in [0.1, 0.15) is 69.8 Å². The fraction of sp³-hybridized carbons (Fsp3) is 0.500. The first-order chi connectivity index (χ1) is 14.8. The number of carbonyl (C=O) groups is 1. The molecule has 1 amide bonds. The molecule has 1 N–H and O–H groups in total. The van der Waals surface area contributed by atoms with Crippen molar-refractivity contribution in [2.45, 2.75) is 57.4 Å². The Labute approximate surface area is 183 Å². The monoisotopic (exact) mass is 446 g/mol. The van der Waals surface area contributed by atoms with Crippen LogP contribution in [0, 0.1) is 5.92 Å². The zero-order valence-electron chi connectivity index (χ0n) is 18.4. The summed E-state index contributed by atoms with van der Waals surface area (Å²) in [6.07, 6.45) is 5.22. The summed E-state index contributed by atoms with van der Waals surface area (Å²) in [6, 6.07) is 6.10. The molecule has 3 rings (SSSR count). The summed E-state index contributed by atoms with van der Waals surface area (Å²) in [5.41, 5.74) is 0.726. The zero-order valence-corrected chi connectivity index (χ0v) is 19.2. The molecule has 0 aliphatic heterocycles. The minimum Gasteiger partial charge on any atom is -0.340 e. The second-order valence-electron chi connectivity index (χ2n) is 7.99. The van der Waals surface area contributed by atoms with E-state index in [2.05, 4.69) is 15.5 Å². The molecule has 1 heterocycles. The van der Waals surface area contributed by atoms with E-state index in [0.717, 1.165) is 18.4 Å². The lowest BCUT2D eigenvalue weighted by molar-refractivity contribution is -0.117. The second kappa shape index (κ2) is 9.74. The maximum Gasteiger partial charge on any atom is 0.249 e. The Bertz CT molecular complexity index is 1020. The predicted molar refractivity (Wildman–Crippen MR) is 118 cm³/mol. The van der Waals surface area contributed by atoms with E-state index in [9.17, 15) is 13.2 Å². The first-order valence-electron chi connectivity index (χ1n) is 10.7. The van der Waals surface area contributed by atoms with Gasteiger partial charge in [0.1, 0.15) is 6.04 Å². The minimum absolute atomic E-state index is 0.0782. The van der Waals surface area contributed by atoms with Crippen LogP contribution in [0.2, 0.25) is 0 Å². The minimum atomic E-state index is -3.50. The van der Waals surface area contributed by atoms with Crippen LogP contribution in [0.25, 0.3) is 6.08 Å². The molecule has 1 aliphatic rings. The van der Waals surface area contributed by atoms with E-state index < -0.39 is 10.0 Å². The van der Waals surface area contributed by atoms with Gasteiger partial charge in [0.25, 0.3) is 0 Å². The standard InChI is InChI=1S/C22H30N4O4S/c1-5-26(6-2)31(28,29)18-12-7-16(8-13-18)9-14-19(27)23-20(15(3)4)22-24-21(25-30-22)17-10-11-17/h7-9,12-15,17,20H,5-6,10-11H2,1-4H3,(H,23,27). The van der Waals surface area contributed by atoms with E-state index in [0.29, 0.717) is 30.7 Å². The van der Waals surface area contributed by atoms with Crippen molar-refractivity contribution >= 4 is 22.0 Å². The van der Waals surface area contributed by atoms with Gasteiger partial charge in [-0.1, -0.05) is 45.0 Å². The van der Waals surface area contributed by atoms with Gasteiger partial charge in [0.05, 0.1) is 4.90 Å². The lowest BCUT2D eigenvalue weighted by Crippen LogP contribution is -2.30. The summed E-state index contributed by atoms with van der Waals surface area (Å²) in [4.78, 5) is 17.1. The number of carbonyl (C=O) groups excluding carboxylic acids is 1. The van der Waals surface area contributed by atoms with Crippen LogP contribution >= 0.6 is 0 Å². The maximum atomic E-state index is 12.6. The zero-order chi connectivity index (χ0) is 22.6. The van der Waals surface area contributed by atoms with Gasteiger partial charge in [0.15, 0.2) is 5.82 Å². The van der Waals surface area contributed by atoms with Gasteiger partial charge in [-0.05, 0) is 42.5 Å². The molecule has 31 heavy (non-hydrogen) atoms. The van der Waals surface area contributed by atoms with Crippen LogP contribution in [-0.4, -0.2) is 41.9 Å². The summed E-state index contributed by atoms with van der Waals surface area (Å²) in [5.74, 6) is 1.31. The lowest BCUT2D eigenvalue weighted by Gasteiger charge is -2.18. The fourth-order valence-electron chi connectivity index (χ4n) is 3.23. The number of benzene rings is 1. The van der Waals surface area contributed by atoms with Gasteiger partial charge in [-0.15, -0.1) is 0 Å². The van der Waals surface area contributed by atoms with Crippen molar-refractivity contribution in [2.75, 3.05) is 13.1 Å². The predicted octanol–water partition coefficient (Wildman–Crippen LogP) is 3.50. The van der Waals surface area contributed by atoms with Crippen molar-refractivity contribution in [3.05, 3.63) is 47.6 Å². The molecule has 0 bridgehead atoms. The molecule has 9 heteroatoms. The molecule has 8 nitrogen and oxygen atoms in total. The second-order valence-corrected chi connectivity index (χ2v) is 9.92. The van der Waals surface area contributed by atoms with E-state index in [1.807, 2.05) is 27.7 Å². The van der Waals surface area contributed by atoms with E-state index in [1.165, 1.54) is 10.4 Å². The van der Waals surface area contributed by atoms with Crippen molar-refractivity contribution < 1.29 is 17.7 Å². The van der Waals surface area contributed by atoms with Gasteiger partial charge < -0.3 is 9.84 Å². The molecule has 1 unspecified atom stereocenters. The molecule has 1 atom stereocenters. The molecule has 0 spiro atoms. The molecular formula is C22H30N4O4S. The van der Waals surface area contributed by atoms with Gasteiger partial charge in [0.2, 0.25) is 21.8 Å². The molecule has 0 radical (unpaired) electrons. The van der Waals surface area contributed by atoms with Crippen LogP contribution < -0.4 is 5.32 Å². The third kappa shape index (κ3) is 5.59. The molecule has 0 saturated heterocycles. The highest BCUT2D eigenvalue weighted by Gasteiger charge is 2.31. The Kier molecular flexibility index (Phi) is 7.27. The number of hydrogen-bond donors (Lipinski definition) is 1. The van der Waals surface area contributed by atoms with Crippen molar-refractivity contribution in [3.63, 3.8) is 0 Å². The average Bonchev–Trinajstić information content (AvgIpc) is 3.48.